The summed E-state index contributed by atoms with van der Waals surface area (Å²) in [6.07, 6.45) is -0.0491. The van der Waals surface area contributed by atoms with E-state index in [1.807, 2.05) is 0 Å². The van der Waals surface area contributed by atoms with Gasteiger partial charge >= 0.3 is 12.2 Å². The number of benzene rings is 1. The quantitative estimate of drug-likeness (QED) is 0.590. The van der Waals surface area contributed by atoms with Crippen molar-refractivity contribution in [2.75, 3.05) is 19.6 Å². The molecule has 182 valence electrons. The molecule has 1 atom stereocenters. The summed E-state index contributed by atoms with van der Waals surface area (Å²) in [5, 5.41) is 5.22. The minimum atomic E-state index is -4.69. The number of rotatable bonds is 7. The first-order chi connectivity index (χ1) is 16.7. The Hall–Kier alpha value is -4.15. The molecule has 0 fully saturated rings. The number of aromatic nitrogens is 1. The van der Waals surface area contributed by atoms with E-state index in [1.54, 1.807) is 24.5 Å². The molecule has 0 saturated carbocycles. The molecule has 8 nitrogen and oxygen atoms in total. The van der Waals surface area contributed by atoms with Gasteiger partial charge in [-0.25, -0.2) is 4.79 Å². The number of hydrogen-bond donors (Lipinski definition) is 2. The molecular weight excluding hydrogens is 463 g/mol. The van der Waals surface area contributed by atoms with Crippen molar-refractivity contribution < 1.29 is 27.6 Å². The molecule has 0 aliphatic carbocycles. The Kier molecular flexibility index (Phi) is 6.59. The number of halogens is 3. The lowest BCUT2D eigenvalue weighted by Gasteiger charge is -2.33. The monoisotopic (exact) mass is 485 g/mol. The summed E-state index contributed by atoms with van der Waals surface area (Å²) >= 11 is 0. The summed E-state index contributed by atoms with van der Waals surface area (Å²) < 4.78 is 41.1. The number of alkyl halides is 3. The largest absolute Gasteiger partial charge is 0.416 e. The molecular formula is C24H22F3N5O3. The fourth-order valence-corrected chi connectivity index (χ4v) is 4.17. The van der Waals surface area contributed by atoms with Crippen LogP contribution in [0.25, 0.3) is 0 Å². The number of nitrogens with zero attached hydrogens (tertiary/aromatic N) is 3. The van der Waals surface area contributed by atoms with Gasteiger partial charge in [0.2, 0.25) is 5.91 Å². The molecule has 4 amide bonds. The van der Waals surface area contributed by atoms with Crippen molar-refractivity contribution in [1.82, 2.24) is 25.4 Å². The number of nitrogens with one attached hydrogen (secondary N) is 2. The van der Waals surface area contributed by atoms with Crippen molar-refractivity contribution >= 4 is 17.8 Å². The zero-order valence-electron chi connectivity index (χ0n) is 18.5. The Labute approximate surface area is 199 Å². The minimum absolute atomic E-state index is 0.00297. The fourth-order valence-electron chi connectivity index (χ4n) is 4.17. The van der Waals surface area contributed by atoms with Crippen LogP contribution in [-0.2, 0) is 22.3 Å². The highest BCUT2D eigenvalue weighted by molar-refractivity contribution is 6.03. The van der Waals surface area contributed by atoms with E-state index in [9.17, 15) is 27.6 Å². The maximum Gasteiger partial charge on any atom is 0.416 e. The molecule has 0 saturated heterocycles. The SMILES string of the molecule is C=CCN1C(=O)NC(c2ccccc2C(F)(F)F)C2=C1CN(CC(=O)NCc1cccnc1)C2=O. The van der Waals surface area contributed by atoms with E-state index in [2.05, 4.69) is 22.2 Å². The summed E-state index contributed by atoms with van der Waals surface area (Å²) in [6, 6.07) is 6.33. The van der Waals surface area contributed by atoms with E-state index >= 15 is 0 Å². The molecule has 11 heteroatoms. The first-order valence-corrected chi connectivity index (χ1v) is 10.7. The van der Waals surface area contributed by atoms with Crippen LogP contribution < -0.4 is 10.6 Å². The Balaban J connectivity index is 1.61. The van der Waals surface area contributed by atoms with Gasteiger partial charge in [0.1, 0.15) is 6.54 Å². The normalized spacial score (nSPS) is 17.9. The van der Waals surface area contributed by atoms with Crippen LogP contribution in [-0.4, -0.2) is 52.3 Å². The van der Waals surface area contributed by atoms with Crippen molar-refractivity contribution in [2.45, 2.75) is 18.8 Å². The second kappa shape index (κ2) is 9.61. The molecule has 2 aliphatic heterocycles. The van der Waals surface area contributed by atoms with Gasteiger partial charge in [0.05, 0.1) is 29.4 Å². The number of hydrogen-bond acceptors (Lipinski definition) is 4. The molecule has 0 radical (unpaired) electrons. The number of carbonyl (C=O) groups excluding carboxylic acids is 3. The molecule has 2 aromatic rings. The number of amides is 4. The lowest BCUT2D eigenvalue weighted by atomic mass is 9.91. The van der Waals surface area contributed by atoms with E-state index in [4.69, 9.17) is 0 Å². The third-order valence-corrected chi connectivity index (χ3v) is 5.73. The van der Waals surface area contributed by atoms with Crippen LogP contribution in [0.3, 0.4) is 0 Å². The number of pyridine rings is 1. The molecule has 1 aromatic carbocycles. The Morgan fingerprint density at radius 2 is 2.00 bits per heavy atom. The summed E-state index contributed by atoms with van der Waals surface area (Å²) in [7, 11) is 0. The molecule has 2 aliphatic rings. The third kappa shape index (κ3) is 4.88. The first kappa shape index (κ1) is 24.0. The maximum absolute atomic E-state index is 13.7. The lowest BCUT2D eigenvalue weighted by molar-refractivity contribution is -0.138. The average molecular weight is 485 g/mol. The molecule has 35 heavy (non-hydrogen) atoms. The topological polar surface area (TPSA) is 94.6 Å². The highest BCUT2D eigenvalue weighted by atomic mass is 19.4. The van der Waals surface area contributed by atoms with Gasteiger partial charge in [0.15, 0.2) is 0 Å². The maximum atomic E-state index is 13.7. The second-order valence-corrected chi connectivity index (χ2v) is 8.03. The average Bonchev–Trinajstić information content (AvgIpc) is 3.15. The van der Waals surface area contributed by atoms with E-state index < -0.39 is 35.6 Å². The van der Waals surface area contributed by atoms with E-state index in [-0.39, 0.29) is 43.0 Å². The van der Waals surface area contributed by atoms with Gasteiger partial charge < -0.3 is 15.5 Å². The van der Waals surface area contributed by atoms with E-state index in [0.717, 1.165) is 11.6 Å². The third-order valence-electron chi connectivity index (χ3n) is 5.73. The van der Waals surface area contributed by atoms with Gasteiger partial charge in [0, 0.05) is 25.5 Å². The van der Waals surface area contributed by atoms with Gasteiger partial charge in [-0.3, -0.25) is 19.5 Å². The van der Waals surface area contributed by atoms with Crippen LogP contribution >= 0.6 is 0 Å². The molecule has 3 heterocycles. The Bertz CT molecular complexity index is 1200. The molecule has 1 unspecified atom stereocenters. The molecule has 2 N–H and O–H groups in total. The van der Waals surface area contributed by atoms with Crippen LogP contribution in [0.2, 0.25) is 0 Å². The van der Waals surface area contributed by atoms with Gasteiger partial charge in [0.25, 0.3) is 5.91 Å². The van der Waals surface area contributed by atoms with Crippen molar-refractivity contribution in [3.8, 4) is 0 Å². The van der Waals surface area contributed by atoms with Crippen LogP contribution in [0.1, 0.15) is 22.7 Å². The summed E-state index contributed by atoms with van der Waals surface area (Å²) in [6.45, 7) is 3.43. The van der Waals surface area contributed by atoms with Gasteiger partial charge in [-0.05, 0) is 23.3 Å². The van der Waals surface area contributed by atoms with Crippen LogP contribution in [0.5, 0.6) is 0 Å². The standard InChI is InChI=1S/C24H22F3N5O3/c1-2-10-32-18-13-31(14-19(33)29-12-15-6-5-9-28-11-15)22(34)20(18)21(30-23(32)35)16-7-3-4-8-17(16)24(25,26)27/h2-9,11,21H,1,10,12-14H2,(H,29,33)(H,30,35). The lowest BCUT2D eigenvalue weighted by Crippen LogP contribution is -2.47. The smallest absolute Gasteiger partial charge is 0.350 e. The predicted molar refractivity (Wildman–Crippen MR) is 119 cm³/mol. The minimum Gasteiger partial charge on any atom is -0.350 e. The molecule has 4 rings (SSSR count). The highest BCUT2D eigenvalue weighted by Crippen LogP contribution is 2.41. The highest BCUT2D eigenvalue weighted by Gasteiger charge is 2.46. The zero-order chi connectivity index (χ0) is 25.2. The Morgan fingerprint density at radius 1 is 1.23 bits per heavy atom. The second-order valence-electron chi connectivity index (χ2n) is 8.03. The van der Waals surface area contributed by atoms with Crippen molar-refractivity contribution in [3.05, 3.63) is 89.4 Å². The van der Waals surface area contributed by atoms with Crippen molar-refractivity contribution in [2.24, 2.45) is 0 Å². The van der Waals surface area contributed by atoms with Crippen molar-refractivity contribution in [1.29, 1.82) is 0 Å². The molecule has 0 bridgehead atoms. The zero-order valence-corrected chi connectivity index (χ0v) is 18.5. The van der Waals surface area contributed by atoms with Crippen LogP contribution in [0.4, 0.5) is 18.0 Å². The number of carbonyl (C=O) groups is 3. The fraction of sp³-hybridized carbons (Fsp3) is 0.250. The summed E-state index contributed by atoms with van der Waals surface area (Å²) in [5.41, 5.74) is -0.171. The predicted octanol–water partition coefficient (Wildman–Crippen LogP) is 2.77. The van der Waals surface area contributed by atoms with Crippen molar-refractivity contribution in [3.63, 3.8) is 0 Å². The van der Waals surface area contributed by atoms with E-state index in [1.165, 1.54) is 34.1 Å². The van der Waals surface area contributed by atoms with Gasteiger partial charge in [-0.15, -0.1) is 6.58 Å². The van der Waals surface area contributed by atoms with Crippen LogP contribution in [0.15, 0.2) is 72.7 Å². The molecule has 1 aromatic heterocycles. The van der Waals surface area contributed by atoms with Crippen LogP contribution in [0, 0.1) is 0 Å². The summed E-state index contributed by atoms with van der Waals surface area (Å²) in [4.78, 5) is 45.1. The van der Waals surface area contributed by atoms with E-state index in [0.29, 0.717) is 0 Å². The summed E-state index contributed by atoms with van der Waals surface area (Å²) in [5.74, 6) is -1.07. The first-order valence-electron chi connectivity index (χ1n) is 10.7. The Morgan fingerprint density at radius 3 is 2.69 bits per heavy atom. The van der Waals surface area contributed by atoms with Gasteiger partial charge in [-0.2, -0.15) is 13.2 Å². The molecule has 0 spiro atoms. The van der Waals surface area contributed by atoms with Gasteiger partial charge in [-0.1, -0.05) is 30.3 Å². The number of urea groups is 1.